The van der Waals surface area contributed by atoms with E-state index in [-0.39, 0.29) is 6.61 Å². The Balaban J connectivity index is 2.11. The van der Waals surface area contributed by atoms with Gasteiger partial charge in [-0.15, -0.1) is 0 Å². The second-order valence-corrected chi connectivity index (χ2v) is 7.73. The Bertz CT molecular complexity index is 749. The number of rotatable bonds is 3. The second kappa shape index (κ2) is 5.37. The number of fused-ring (bicyclic) bond motifs is 2. The molecular weight excluding hydrogens is 326 g/mol. The van der Waals surface area contributed by atoms with E-state index in [1.807, 2.05) is 11.8 Å². The van der Waals surface area contributed by atoms with Gasteiger partial charge in [0.05, 0.1) is 6.54 Å². The molecule has 1 atom stereocenters. The average molecular weight is 343 g/mol. The highest BCUT2D eigenvalue weighted by Crippen LogP contribution is 2.47. The third kappa shape index (κ3) is 2.45. The van der Waals surface area contributed by atoms with Crippen LogP contribution in [0, 0.1) is 6.92 Å². The lowest BCUT2D eigenvalue weighted by molar-refractivity contribution is 0.295. The Morgan fingerprint density at radius 1 is 1.50 bits per heavy atom. The number of aliphatic hydroxyl groups is 1. The number of hydrogen-bond donors (Lipinski definition) is 2. The van der Waals surface area contributed by atoms with Crippen molar-refractivity contribution in [1.82, 2.24) is 14.9 Å². The fourth-order valence-electron chi connectivity index (χ4n) is 2.63. The number of allylic oxidation sites excluding steroid dienone is 1. The van der Waals surface area contributed by atoms with Crippen molar-refractivity contribution >= 4 is 27.8 Å². The van der Waals surface area contributed by atoms with Gasteiger partial charge in [-0.05, 0) is 13.8 Å². The molecule has 10 heteroatoms. The van der Waals surface area contributed by atoms with Gasteiger partial charge >= 0.3 is 10.2 Å². The zero-order valence-electron chi connectivity index (χ0n) is 12.2. The molecule has 1 aromatic rings. The highest BCUT2D eigenvalue weighted by atomic mass is 32.2. The molecule has 1 aromatic heterocycles. The summed E-state index contributed by atoms with van der Waals surface area (Å²) in [7, 11) is -3.98. The van der Waals surface area contributed by atoms with E-state index < -0.39 is 15.7 Å². The van der Waals surface area contributed by atoms with Crippen LogP contribution in [0.4, 0.5) is 5.82 Å². The third-order valence-corrected chi connectivity index (χ3v) is 6.19. The van der Waals surface area contributed by atoms with Crippen LogP contribution in [0.3, 0.4) is 0 Å². The molecule has 1 unspecified atom stereocenters. The molecule has 0 spiro atoms. The van der Waals surface area contributed by atoms with Gasteiger partial charge in [0.25, 0.3) is 0 Å². The molecule has 3 heterocycles. The maximum atomic E-state index is 12.1. The van der Waals surface area contributed by atoms with Gasteiger partial charge in [-0.1, -0.05) is 11.8 Å². The predicted molar refractivity (Wildman–Crippen MR) is 83.7 cm³/mol. The lowest BCUT2D eigenvalue weighted by Gasteiger charge is -2.40. The van der Waals surface area contributed by atoms with Crippen molar-refractivity contribution in [2.45, 2.75) is 32.3 Å². The van der Waals surface area contributed by atoms with Crippen LogP contribution in [0.1, 0.15) is 24.7 Å². The molecule has 0 aliphatic carbocycles. The smallest absolute Gasteiger partial charge is 0.302 e. The Kier molecular flexibility index (Phi) is 3.79. The third-order valence-electron chi connectivity index (χ3n) is 3.67. The molecule has 2 aliphatic heterocycles. The maximum Gasteiger partial charge on any atom is 0.302 e. The minimum absolute atomic E-state index is 0.0153. The Morgan fingerprint density at radius 3 is 2.86 bits per heavy atom. The molecule has 8 nitrogen and oxygen atoms in total. The number of hydrogen-bond acceptors (Lipinski definition) is 7. The lowest BCUT2D eigenvalue weighted by atomic mass is 10.2. The van der Waals surface area contributed by atoms with Crippen LogP contribution in [-0.2, 0) is 16.8 Å². The van der Waals surface area contributed by atoms with Crippen molar-refractivity contribution in [2.24, 2.45) is 5.14 Å². The van der Waals surface area contributed by atoms with Gasteiger partial charge in [-0.25, -0.2) is 19.4 Å². The van der Waals surface area contributed by atoms with Gasteiger partial charge in [0, 0.05) is 35.4 Å². The Labute approximate surface area is 133 Å². The molecule has 3 rings (SSSR count). The highest BCUT2D eigenvalue weighted by molar-refractivity contribution is 8.05. The summed E-state index contributed by atoms with van der Waals surface area (Å²) in [5.74, 6) is 0.825. The SMILES string of the molecule is CC1=C(CCO)SC2N1Cc1cnc(C)nc1N2S(N)(=O)=O. The highest BCUT2D eigenvalue weighted by Gasteiger charge is 2.44. The molecule has 0 fully saturated rings. The summed E-state index contributed by atoms with van der Waals surface area (Å²) in [6.45, 7) is 4.15. The molecule has 22 heavy (non-hydrogen) atoms. The van der Waals surface area contributed by atoms with Gasteiger partial charge in [0.2, 0.25) is 0 Å². The van der Waals surface area contributed by atoms with Crippen LogP contribution < -0.4 is 9.44 Å². The van der Waals surface area contributed by atoms with Crippen molar-refractivity contribution in [2.75, 3.05) is 10.9 Å². The van der Waals surface area contributed by atoms with Crippen LogP contribution in [0.25, 0.3) is 0 Å². The summed E-state index contributed by atoms with van der Waals surface area (Å²) in [5.41, 5.74) is 1.16. The number of aliphatic hydroxyl groups excluding tert-OH is 1. The Hall–Kier alpha value is -1.36. The first-order valence-corrected chi connectivity index (χ1v) is 9.10. The summed E-state index contributed by atoms with van der Waals surface area (Å²) in [4.78, 5) is 11.3. The van der Waals surface area contributed by atoms with Crippen molar-refractivity contribution in [1.29, 1.82) is 0 Å². The van der Waals surface area contributed by atoms with E-state index in [9.17, 15) is 8.42 Å². The minimum atomic E-state index is -3.98. The lowest BCUT2D eigenvalue weighted by Crippen LogP contribution is -2.52. The molecule has 0 radical (unpaired) electrons. The molecule has 0 saturated carbocycles. The van der Waals surface area contributed by atoms with Gasteiger partial charge in [-0.3, -0.25) is 0 Å². The van der Waals surface area contributed by atoms with Crippen molar-refractivity contribution in [3.05, 3.63) is 28.2 Å². The maximum absolute atomic E-state index is 12.1. The summed E-state index contributed by atoms with van der Waals surface area (Å²) in [5, 5.41) is 14.6. The fraction of sp³-hybridized carbons (Fsp3) is 0.500. The topological polar surface area (TPSA) is 113 Å². The van der Waals surface area contributed by atoms with Crippen LogP contribution >= 0.6 is 11.8 Å². The van der Waals surface area contributed by atoms with Crippen LogP contribution in [0.15, 0.2) is 16.8 Å². The van der Waals surface area contributed by atoms with E-state index >= 15 is 0 Å². The standard InChI is InChI=1S/C12H17N5O3S2/c1-7-10(3-4-18)21-12-16(7)6-9-5-14-8(2)15-11(9)17(12)22(13,19)20/h5,12,18H,3-4,6H2,1-2H3,(H2,13,19,20). The normalized spacial score (nSPS) is 21.2. The van der Waals surface area contributed by atoms with Gasteiger partial charge in [0.1, 0.15) is 5.82 Å². The molecule has 0 saturated heterocycles. The van der Waals surface area contributed by atoms with Crippen LogP contribution in [0.2, 0.25) is 0 Å². The molecular formula is C12H17N5O3S2. The molecule has 0 aromatic carbocycles. The number of thioether (sulfide) groups is 1. The van der Waals surface area contributed by atoms with E-state index in [1.165, 1.54) is 11.8 Å². The van der Waals surface area contributed by atoms with E-state index in [1.54, 1.807) is 13.1 Å². The minimum Gasteiger partial charge on any atom is -0.396 e. The van der Waals surface area contributed by atoms with Crippen molar-refractivity contribution in [3.63, 3.8) is 0 Å². The predicted octanol–water partition coefficient (Wildman–Crippen LogP) is 0.255. The summed E-state index contributed by atoms with van der Waals surface area (Å²) in [6.07, 6.45) is 2.12. The largest absolute Gasteiger partial charge is 0.396 e. The second-order valence-electron chi connectivity index (χ2n) is 5.16. The molecule has 0 bridgehead atoms. The van der Waals surface area contributed by atoms with Gasteiger partial charge in [-0.2, -0.15) is 8.42 Å². The van der Waals surface area contributed by atoms with Crippen molar-refractivity contribution in [3.8, 4) is 0 Å². The van der Waals surface area contributed by atoms with Gasteiger partial charge in [0.15, 0.2) is 11.3 Å². The number of anilines is 1. The summed E-state index contributed by atoms with van der Waals surface area (Å²) >= 11 is 1.38. The van der Waals surface area contributed by atoms with Crippen molar-refractivity contribution < 1.29 is 13.5 Å². The number of aromatic nitrogens is 2. The monoisotopic (exact) mass is 343 g/mol. The quantitative estimate of drug-likeness (QED) is 0.809. The molecule has 0 amide bonds. The number of nitrogens with zero attached hydrogens (tertiary/aromatic N) is 4. The first kappa shape index (κ1) is 15.5. The molecule has 3 N–H and O–H groups in total. The summed E-state index contributed by atoms with van der Waals surface area (Å²) < 4.78 is 25.4. The fourth-order valence-corrected chi connectivity index (χ4v) is 5.19. The number of aryl methyl sites for hydroxylation is 1. The van der Waals surface area contributed by atoms with E-state index in [0.717, 1.165) is 14.9 Å². The zero-order valence-corrected chi connectivity index (χ0v) is 13.9. The molecule has 120 valence electrons. The number of nitrogens with two attached hydrogens (primary N) is 1. The van der Waals surface area contributed by atoms with Crippen LogP contribution in [0.5, 0.6) is 0 Å². The van der Waals surface area contributed by atoms with E-state index in [2.05, 4.69) is 9.97 Å². The molecule has 2 aliphatic rings. The summed E-state index contributed by atoms with van der Waals surface area (Å²) in [6, 6.07) is 0. The first-order valence-electron chi connectivity index (χ1n) is 6.71. The first-order chi connectivity index (χ1) is 10.3. The van der Waals surface area contributed by atoms with Gasteiger partial charge < -0.3 is 10.0 Å². The van der Waals surface area contributed by atoms with E-state index in [0.29, 0.717) is 30.2 Å². The Morgan fingerprint density at radius 2 is 2.23 bits per heavy atom. The van der Waals surface area contributed by atoms with E-state index in [4.69, 9.17) is 10.2 Å². The zero-order chi connectivity index (χ0) is 16.1. The average Bonchev–Trinajstić information content (AvgIpc) is 2.72. The van der Waals surface area contributed by atoms with Crippen LogP contribution in [-0.4, -0.2) is 40.5 Å².